The van der Waals surface area contributed by atoms with Gasteiger partial charge in [-0.05, 0) is 17.9 Å². The van der Waals surface area contributed by atoms with Gasteiger partial charge >= 0.3 is 0 Å². The van der Waals surface area contributed by atoms with E-state index in [1.165, 1.54) is 18.4 Å². The van der Waals surface area contributed by atoms with Crippen LogP contribution in [-0.2, 0) is 0 Å². The third-order valence-corrected chi connectivity index (χ3v) is 2.09. The highest BCUT2D eigenvalue weighted by atomic mass is 14.1. The highest BCUT2D eigenvalue weighted by Crippen LogP contribution is 2.19. The van der Waals surface area contributed by atoms with Gasteiger partial charge < -0.3 is 0 Å². The van der Waals surface area contributed by atoms with Gasteiger partial charge in [-0.25, -0.2) is 0 Å². The van der Waals surface area contributed by atoms with Crippen LogP contribution in [0, 0.1) is 0 Å². The normalized spacial score (nSPS) is 10.9. The molecular formula is C13H24. The molecule has 0 aliphatic heterocycles. The van der Waals surface area contributed by atoms with Crippen molar-refractivity contribution in [1.29, 1.82) is 0 Å². The summed E-state index contributed by atoms with van der Waals surface area (Å²) < 4.78 is 0. The van der Waals surface area contributed by atoms with E-state index in [0.29, 0.717) is 0 Å². The maximum atomic E-state index is 2.29. The Morgan fingerprint density at radius 3 is 2.08 bits per heavy atom. The molecule has 76 valence electrons. The van der Waals surface area contributed by atoms with E-state index < -0.39 is 0 Å². The summed E-state index contributed by atoms with van der Waals surface area (Å²) in [5.74, 6) is 0.723. The van der Waals surface area contributed by atoms with E-state index in [1.807, 2.05) is 0 Å². The fraction of sp³-hybridized carbons (Fsp3) is 0.538. The summed E-state index contributed by atoms with van der Waals surface area (Å²) in [5.41, 5.74) is 1.47. The Morgan fingerprint density at radius 1 is 1.08 bits per heavy atom. The van der Waals surface area contributed by atoms with Gasteiger partial charge in [0.25, 0.3) is 0 Å². The first-order chi connectivity index (χ1) is 5.34. The van der Waals surface area contributed by atoms with Crippen molar-refractivity contribution in [3.05, 3.63) is 35.9 Å². The predicted octanol–water partition coefficient (Wildman–Crippen LogP) is 4.86. The predicted molar refractivity (Wildman–Crippen MR) is 63.2 cm³/mol. The van der Waals surface area contributed by atoms with Crippen LogP contribution in [0.4, 0.5) is 0 Å². The van der Waals surface area contributed by atoms with Crippen molar-refractivity contribution in [2.45, 2.75) is 47.5 Å². The molecule has 0 radical (unpaired) electrons. The van der Waals surface area contributed by atoms with Crippen LogP contribution >= 0.6 is 0 Å². The Hall–Kier alpha value is -0.780. The minimum atomic E-state index is 0. The van der Waals surface area contributed by atoms with Crippen molar-refractivity contribution < 1.29 is 0 Å². The van der Waals surface area contributed by atoms with E-state index in [1.54, 1.807) is 0 Å². The van der Waals surface area contributed by atoms with Crippen molar-refractivity contribution in [2.24, 2.45) is 0 Å². The van der Waals surface area contributed by atoms with E-state index >= 15 is 0 Å². The van der Waals surface area contributed by atoms with Gasteiger partial charge in [0.2, 0.25) is 0 Å². The second kappa shape index (κ2) is 7.85. The Morgan fingerprint density at radius 2 is 1.62 bits per heavy atom. The number of hydrogen-bond donors (Lipinski definition) is 0. The van der Waals surface area contributed by atoms with Crippen molar-refractivity contribution >= 4 is 0 Å². The molecule has 0 fully saturated rings. The molecule has 1 aromatic rings. The van der Waals surface area contributed by atoms with E-state index in [9.17, 15) is 0 Å². The first-order valence-electron chi connectivity index (χ1n) is 4.39. The van der Waals surface area contributed by atoms with Crippen molar-refractivity contribution in [3.8, 4) is 0 Å². The van der Waals surface area contributed by atoms with E-state index in [-0.39, 0.29) is 14.9 Å². The Kier molecular flexibility index (Phi) is 8.89. The van der Waals surface area contributed by atoms with Crippen LogP contribution in [0.15, 0.2) is 30.3 Å². The maximum Gasteiger partial charge on any atom is -0.0190 e. The van der Waals surface area contributed by atoms with E-state index in [4.69, 9.17) is 0 Å². The van der Waals surface area contributed by atoms with Crippen LogP contribution in [0.3, 0.4) is 0 Å². The lowest BCUT2D eigenvalue weighted by atomic mass is 9.97. The van der Waals surface area contributed by atoms with Gasteiger partial charge in [0.15, 0.2) is 0 Å². The lowest BCUT2D eigenvalue weighted by Gasteiger charge is -2.08. The zero-order chi connectivity index (χ0) is 8.10. The SMILES string of the molecule is C.C.CCCC(C)c1ccccc1. The molecule has 0 saturated heterocycles. The minimum Gasteiger partial charge on any atom is -0.0776 e. The molecule has 0 heterocycles. The van der Waals surface area contributed by atoms with Crippen LogP contribution in [0.1, 0.15) is 53.0 Å². The van der Waals surface area contributed by atoms with Gasteiger partial charge in [0, 0.05) is 0 Å². The average Bonchev–Trinajstić information content (AvgIpc) is 2.07. The fourth-order valence-electron chi connectivity index (χ4n) is 1.38. The molecule has 0 spiro atoms. The lowest BCUT2D eigenvalue weighted by Crippen LogP contribution is -1.91. The average molecular weight is 180 g/mol. The van der Waals surface area contributed by atoms with Crippen LogP contribution in [0.5, 0.6) is 0 Å². The summed E-state index contributed by atoms with van der Waals surface area (Å²) in [4.78, 5) is 0. The smallest absolute Gasteiger partial charge is 0.0190 e. The van der Waals surface area contributed by atoms with Crippen molar-refractivity contribution in [1.82, 2.24) is 0 Å². The summed E-state index contributed by atoms with van der Waals surface area (Å²) in [6, 6.07) is 10.7. The highest BCUT2D eigenvalue weighted by Gasteiger charge is 2.01. The van der Waals surface area contributed by atoms with E-state index in [2.05, 4.69) is 44.2 Å². The quantitative estimate of drug-likeness (QED) is 0.623. The van der Waals surface area contributed by atoms with Crippen LogP contribution in [0.2, 0.25) is 0 Å². The number of rotatable bonds is 3. The Balaban J connectivity index is 0. The molecule has 0 saturated carbocycles. The summed E-state index contributed by atoms with van der Waals surface area (Å²) in [6.45, 7) is 4.53. The van der Waals surface area contributed by atoms with Gasteiger partial charge in [-0.15, -0.1) is 0 Å². The molecule has 0 nitrogen and oxygen atoms in total. The molecule has 0 bridgehead atoms. The molecule has 1 aromatic carbocycles. The summed E-state index contributed by atoms with van der Waals surface area (Å²) >= 11 is 0. The zero-order valence-electron chi connectivity index (χ0n) is 7.38. The van der Waals surface area contributed by atoms with Gasteiger partial charge in [-0.3, -0.25) is 0 Å². The van der Waals surface area contributed by atoms with Crippen LogP contribution < -0.4 is 0 Å². The standard InChI is InChI=1S/C11H16.2CH4/c1-3-7-10(2)11-8-5-4-6-9-11;;/h4-6,8-10H,3,7H2,1-2H3;2*1H4. The second-order valence-electron chi connectivity index (χ2n) is 3.10. The second-order valence-corrected chi connectivity index (χ2v) is 3.10. The molecule has 0 N–H and O–H groups in total. The minimum absolute atomic E-state index is 0. The third kappa shape index (κ3) is 4.72. The Labute approximate surface area is 84.0 Å². The monoisotopic (exact) mass is 180 g/mol. The van der Waals surface area contributed by atoms with Crippen LogP contribution in [0.25, 0.3) is 0 Å². The molecule has 0 aromatic heterocycles. The topological polar surface area (TPSA) is 0 Å². The fourth-order valence-corrected chi connectivity index (χ4v) is 1.38. The molecular weight excluding hydrogens is 156 g/mol. The van der Waals surface area contributed by atoms with E-state index in [0.717, 1.165) is 5.92 Å². The summed E-state index contributed by atoms with van der Waals surface area (Å²) in [6.07, 6.45) is 2.57. The molecule has 1 rings (SSSR count). The summed E-state index contributed by atoms with van der Waals surface area (Å²) in [7, 11) is 0. The molecule has 0 aliphatic rings. The van der Waals surface area contributed by atoms with Gasteiger partial charge in [-0.1, -0.05) is 65.5 Å². The van der Waals surface area contributed by atoms with Crippen molar-refractivity contribution in [3.63, 3.8) is 0 Å². The lowest BCUT2D eigenvalue weighted by molar-refractivity contribution is 0.665. The molecule has 1 unspecified atom stereocenters. The van der Waals surface area contributed by atoms with Gasteiger partial charge in [-0.2, -0.15) is 0 Å². The first-order valence-corrected chi connectivity index (χ1v) is 4.39. The van der Waals surface area contributed by atoms with Crippen LogP contribution in [-0.4, -0.2) is 0 Å². The zero-order valence-corrected chi connectivity index (χ0v) is 7.38. The molecule has 1 atom stereocenters. The van der Waals surface area contributed by atoms with Gasteiger partial charge in [0.05, 0.1) is 0 Å². The maximum absolute atomic E-state index is 2.29. The Bertz CT molecular complexity index is 188. The molecule has 0 amide bonds. The highest BCUT2D eigenvalue weighted by molar-refractivity contribution is 5.18. The van der Waals surface area contributed by atoms with Crippen molar-refractivity contribution in [2.75, 3.05) is 0 Å². The third-order valence-electron chi connectivity index (χ3n) is 2.09. The molecule has 0 aliphatic carbocycles. The number of benzene rings is 1. The molecule has 13 heavy (non-hydrogen) atoms. The molecule has 0 heteroatoms. The largest absolute Gasteiger partial charge is 0.0776 e. The summed E-state index contributed by atoms with van der Waals surface area (Å²) in [5, 5.41) is 0. The first kappa shape index (κ1) is 14.7. The number of hydrogen-bond acceptors (Lipinski definition) is 0. The van der Waals surface area contributed by atoms with Gasteiger partial charge in [0.1, 0.15) is 0 Å².